The first-order valence-corrected chi connectivity index (χ1v) is 19.7. The van der Waals surface area contributed by atoms with Gasteiger partial charge in [0.1, 0.15) is 17.6 Å². The number of nitriles is 1. The average molecular weight is 779 g/mol. The molecule has 3 aliphatic heterocycles. The topological polar surface area (TPSA) is 150 Å². The van der Waals surface area contributed by atoms with Crippen LogP contribution in [0.25, 0.3) is 0 Å². The summed E-state index contributed by atoms with van der Waals surface area (Å²) in [6.07, 6.45) is 4.48. The molecule has 0 bridgehead atoms. The number of carbonyl (C=O) groups excluding carboxylic acids is 4. The highest BCUT2D eigenvalue weighted by Gasteiger charge is 2.54. The van der Waals surface area contributed by atoms with E-state index >= 15 is 0 Å². The first kappa shape index (κ1) is 40.0. The Morgan fingerprint density at radius 2 is 1.74 bits per heavy atom. The molecule has 3 heterocycles. The number of benzene rings is 2. The molecule has 3 saturated heterocycles. The van der Waals surface area contributed by atoms with Gasteiger partial charge >= 0.3 is 0 Å². The summed E-state index contributed by atoms with van der Waals surface area (Å²) in [7, 11) is 0. The van der Waals surface area contributed by atoms with E-state index in [4.69, 9.17) is 29.0 Å². The molecule has 0 spiro atoms. The van der Waals surface area contributed by atoms with Crippen LogP contribution in [0.5, 0.6) is 0 Å². The van der Waals surface area contributed by atoms with E-state index in [2.05, 4.69) is 50.6 Å². The number of ether oxygens (including phenoxy) is 1. The minimum Gasteiger partial charge on any atom is -0.377 e. The maximum Gasteiger partial charge on any atom is 0.249 e. The summed E-state index contributed by atoms with van der Waals surface area (Å²) in [6, 6.07) is 14.4. The van der Waals surface area contributed by atoms with Crippen LogP contribution in [-0.2, 0) is 23.9 Å². The Labute approximate surface area is 328 Å². The highest BCUT2D eigenvalue weighted by molar-refractivity contribution is 7.81. The van der Waals surface area contributed by atoms with Gasteiger partial charge in [0.05, 0.1) is 35.4 Å². The van der Waals surface area contributed by atoms with Gasteiger partial charge in [0, 0.05) is 61.2 Å². The molecule has 290 valence electrons. The van der Waals surface area contributed by atoms with Crippen molar-refractivity contribution in [3.05, 3.63) is 53.1 Å². The molecule has 4 fully saturated rings. The molecular formula is C39H51ClN8O5S. The Kier molecular flexibility index (Phi) is 12.6. The van der Waals surface area contributed by atoms with Crippen LogP contribution in [0.15, 0.2) is 42.5 Å². The van der Waals surface area contributed by atoms with Crippen LogP contribution in [-0.4, -0.2) is 112 Å². The van der Waals surface area contributed by atoms with Gasteiger partial charge in [0.15, 0.2) is 0 Å². The van der Waals surface area contributed by atoms with Crippen LogP contribution in [0.3, 0.4) is 0 Å². The van der Waals surface area contributed by atoms with E-state index < -0.39 is 17.1 Å². The summed E-state index contributed by atoms with van der Waals surface area (Å²) in [4.78, 5) is 58.9. The Morgan fingerprint density at radius 1 is 1.04 bits per heavy atom. The zero-order valence-electron chi connectivity index (χ0n) is 31.4. The lowest BCUT2D eigenvalue weighted by Gasteiger charge is -2.44. The van der Waals surface area contributed by atoms with Gasteiger partial charge in [-0.2, -0.15) is 5.26 Å². The highest BCUT2D eigenvalue weighted by Crippen LogP contribution is 2.42. The van der Waals surface area contributed by atoms with Crippen LogP contribution >= 0.6 is 24.2 Å². The Balaban J connectivity index is 0.926. The quantitative estimate of drug-likeness (QED) is 0.191. The largest absolute Gasteiger partial charge is 0.377 e. The first-order valence-electron chi connectivity index (χ1n) is 18.8. The molecule has 2 unspecified atom stereocenters. The minimum atomic E-state index is -0.747. The number of anilines is 3. The van der Waals surface area contributed by atoms with Gasteiger partial charge in [0.25, 0.3) is 0 Å². The number of halogens is 1. The normalized spacial score (nSPS) is 28.1. The molecule has 4 atom stereocenters. The fourth-order valence-corrected chi connectivity index (χ4v) is 9.38. The first-order chi connectivity index (χ1) is 25.7. The van der Waals surface area contributed by atoms with Crippen molar-refractivity contribution in [2.24, 2.45) is 0 Å². The van der Waals surface area contributed by atoms with E-state index in [1.165, 1.54) is 0 Å². The fraction of sp³-hybridized carbons (Fsp3) is 0.564. The number of nitrogens with one attached hydrogen (secondary N) is 3. The molecule has 6 rings (SSSR count). The van der Waals surface area contributed by atoms with Gasteiger partial charge < -0.3 is 15.4 Å². The Bertz CT molecular complexity index is 1770. The van der Waals surface area contributed by atoms with Crippen LogP contribution in [0.2, 0.25) is 5.02 Å². The third-order valence-corrected chi connectivity index (χ3v) is 12.0. The van der Waals surface area contributed by atoms with E-state index in [1.54, 1.807) is 29.2 Å². The van der Waals surface area contributed by atoms with Crippen molar-refractivity contribution in [1.82, 2.24) is 20.0 Å². The standard InChI is InChI=1S/C39H51ClN8O5S/c1-24-21-45(22-25(2)46(24)23-35(50)43-28-7-5-6-27(18-28)42-33-14-15-34(49)44-36(33)51)16-17-53-31-12-10-29(11-13-31)48-38(54)47(37(52)39(48,3)4)30-9-8-26(20-41)32(40)19-30/h5-9,18-19,24-25,29,31,33,38,42,54H,10-17,21-23H2,1-4H3,(H,43,50)(H,44,49,51)/t24-,25+,29?,31?,33?,38?. The second-order valence-electron chi connectivity index (χ2n) is 15.5. The monoisotopic (exact) mass is 778 g/mol. The van der Waals surface area contributed by atoms with Crippen LogP contribution < -0.4 is 20.9 Å². The summed E-state index contributed by atoms with van der Waals surface area (Å²) in [5.74, 6) is -0.745. The molecular weight excluding hydrogens is 728 g/mol. The number of thiol groups is 1. The van der Waals surface area contributed by atoms with Crippen molar-refractivity contribution >= 4 is 64.9 Å². The average Bonchev–Trinajstić information content (AvgIpc) is 3.30. The van der Waals surface area contributed by atoms with E-state index in [-0.39, 0.29) is 60.8 Å². The molecule has 13 nitrogen and oxygen atoms in total. The number of imide groups is 1. The van der Waals surface area contributed by atoms with Crippen molar-refractivity contribution in [2.75, 3.05) is 48.3 Å². The Hall–Kier alpha value is -3.71. The molecule has 54 heavy (non-hydrogen) atoms. The van der Waals surface area contributed by atoms with E-state index in [0.29, 0.717) is 40.7 Å². The van der Waals surface area contributed by atoms with Crippen molar-refractivity contribution < 1.29 is 23.9 Å². The molecule has 3 N–H and O–H groups in total. The maximum absolute atomic E-state index is 13.6. The zero-order chi connectivity index (χ0) is 38.7. The van der Waals surface area contributed by atoms with Crippen molar-refractivity contribution in [1.29, 1.82) is 5.26 Å². The molecule has 15 heteroatoms. The predicted molar refractivity (Wildman–Crippen MR) is 211 cm³/mol. The van der Waals surface area contributed by atoms with Gasteiger partial charge in [-0.15, -0.1) is 12.6 Å². The molecule has 1 aliphatic carbocycles. The third-order valence-electron chi connectivity index (χ3n) is 11.2. The van der Waals surface area contributed by atoms with Crippen molar-refractivity contribution in [2.45, 2.75) is 108 Å². The molecule has 0 aromatic heterocycles. The molecule has 0 radical (unpaired) electrons. The smallest absolute Gasteiger partial charge is 0.249 e. The summed E-state index contributed by atoms with van der Waals surface area (Å²) in [6.45, 7) is 11.6. The number of piperazine rings is 1. The number of hydrogen-bond donors (Lipinski definition) is 4. The van der Waals surface area contributed by atoms with E-state index in [1.807, 2.05) is 32.0 Å². The third kappa shape index (κ3) is 8.88. The van der Waals surface area contributed by atoms with Gasteiger partial charge in [-0.3, -0.25) is 44.1 Å². The second-order valence-corrected chi connectivity index (χ2v) is 16.3. The van der Waals surface area contributed by atoms with Crippen LogP contribution in [0.4, 0.5) is 17.1 Å². The number of carbonyl (C=O) groups is 4. The van der Waals surface area contributed by atoms with Crippen LogP contribution in [0.1, 0.15) is 71.8 Å². The predicted octanol–water partition coefficient (Wildman–Crippen LogP) is 4.43. The lowest BCUT2D eigenvalue weighted by Crippen LogP contribution is -2.58. The molecule has 4 amide bonds. The van der Waals surface area contributed by atoms with Crippen molar-refractivity contribution in [3.8, 4) is 6.07 Å². The lowest BCUT2D eigenvalue weighted by molar-refractivity contribution is -0.133. The number of nitrogens with zero attached hydrogens (tertiary/aromatic N) is 5. The molecule has 1 saturated carbocycles. The summed E-state index contributed by atoms with van der Waals surface area (Å²) in [5.41, 5.74) is 1.14. The summed E-state index contributed by atoms with van der Waals surface area (Å²) >= 11 is 11.2. The van der Waals surface area contributed by atoms with E-state index in [0.717, 1.165) is 45.3 Å². The number of piperidine rings is 1. The number of rotatable bonds is 11. The zero-order valence-corrected chi connectivity index (χ0v) is 33.0. The lowest BCUT2D eigenvalue weighted by atomic mass is 9.89. The number of amides is 4. The minimum absolute atomic E-state index is 0.0443. The van der Waals surface area contributed by atoms with Gasteiger partial charge in [-0.05, 0) is 96.2 Å². The Morgan fingerprint density at radius 3 is 2.41 bits per heavy atom. The molecule has 2 aromatic rings. The molecule has 2 aromatic carbocycles. The summed E-state index contributed by atoms with van der Waals surface area (Å²) < 4.78 is 6.40. The molecule has 4 aliphatic rings. The highest BCUT2D eigenvalue weighted by atomic mass is 35.5. The fourth-order valence-electron chi connectivity index (χ4n) is 8.45. The van der Waals surface area contributed by atoms with Gasteiger partial charge in [-0.1, -0.05) is 17.7 Å². The SMILES string of the molecule is C[C@@H]1CN(CCOC2CCC(N3C(S)N(c4ccc(C#N)c(Cl)c4)C(=O)C3(C)C)CC2)C[C@H](C)N1CC(=O)Nc1cccc(NC2CCC(=O)NC2=O)c1. The van der Waals surface area contributed by atoms with E-state index in [9.17, 15) is 24.4 Å². The number of hydrogen-bond acceptors (Lipinski definition) is 11. The van der Waals surface area contributed by atoms with Crippen molar-refractivity contribution in [3.63, 3.8) is 0 Å². The van der Waals surface area contributed by atoms with Gasteiger partial charge in [-0.25, -0.2) is 0 Å². The van der Waals surface area contributed by atoms with Gasteiger partial charge in [0.2, 0.25) is 23.6 Å². The second kappa shape index (κ2) is 17.0. The summed E-state index contributed by atoms with van der Waals surface area (Å²) in [5, 5.41) is 18.1. The maximum atomic E-state index is 13.6. The van der Waals surface area contributed by atoms with Crippen LogP contribution in [0, 0.1) is 11.3 Å².